The third kappa shape index (κ3) is 3.34. The summed E-state index contributed by atoms with van der Waals surface area (Å²) < 4.78 is 0. The van der Waals surface area contributed by atoms with Gasteiger partial charge in [-0.15, -0.1) is 0 Å². The largest absolute Gasteiger partial charge is 0.514 e. The van der Waals surface area contributed by atoms with Gasteiger partial charge in [0.15, 0.2) is 0 Å². The summed E-state index contributed by atoms with van der Waals surface area (Å²) >= 11 is 0. The van der Waals surface area contributed by atoms with Crippen LogP contribution in [0.1, 0.15) is 6.92 Å². The third-order valence-electron chi connectivity index (χ3n) is 0.204. The number of hydrogen-bond acceptors (Lipinski definition) is 2. The second-order valence-electron chi connectivity index (χ2n) is 0.873. The van der Waals surface area contributed by atoms with E-state index in [0.717, 1.165) is 6.26 Å². The number of hydrogen-bond donors (Lipinski definition) is 2. The van der Waals surface area contributed by atoms with Crippen LogP contribution < -0.4 is 5.73 Å². The maximum absolute atomic E-state index is 7.86. The predicted octanol–water partition coefficient (Wildman–Crippen LogP) is 0.364. The molecule has 30 valence electrons. The zero-order chi connectivity index (χ0) is 4.28. The fourth-order valence-electron chi connectivity index (χ4n) is 0. The number of aliphatic hydroxyl groups excluding tert-OH is 1. The van der Waals surface area contributed by atoms with Crippen molar-refractivity contribution in [1.29, 1.82) is 0 Å². The molecule has 0 aliphatic carbocycles. The lowest BCUT2D eigenvalue weighted by Crippen LogP contribution is -1.87. The average molecular weight is 73.1 g/mol. The van der Waals surface area contributed by atoms with E-state index in [1.807, 2.05) is 0 Å². The SMILES string of the molecule is C/C(N)=C\O. The van der Waals surface area contributed by atoms with Gasteiger partial charge >= 0.3 is 0 Å². The van der Waals surface area contributed by atoms with E-state index in [4.69, 9.17) is 10.8 Å². The Kier molecular flexibility index (Phi) is 1.42. The van der Waals surface area contributed by atoms with Gasteiger partial charge in [-0.3, -0.25) is 0 Å². The highest BCUT2D eigenvalue weighted by Gasteiger charge is 1.62. The summed E-state index contributed by atoms with van der Waals surface area (Å²) in [4.78, 5) is 0. The second kappa shape index (κ2) is 1.64. The van der Waals surface area contributed by atoms with E-state index in [1.165, 1.54) is 0 Å². The van der Waals surface area contributed by atoms with Crippen molar-refractivity contribution in [3.8, 4) is 0 Å². The van der Waals surface area contributed by atoms with E-state index in [0.29, 0.717) is 5.70 Å². The minimum absolute atomic E-state index is 0.435. The van der Waals surface area contributed by atoms with E-state index in [2.05, 4.69) is 0 Å². The molecule has 3 N–H and O–H groups in total. The first kappa shape index (κ1) is 4.34. The molecule has 2 nitrogen and oxygen atoms in total. The summed E-state index contributed by atoms with van der Waals surface area (Å²) in [5, 5.41) is 7.86. The highest BCUT2D eigenvalue weighted by Crippen LogP contribution is 1.68. The third-order valence-corrected chi connectivity index (χ3v) is 0.204. The molecule has 0 aliphatic heterocycles. The zero-order valence-corrected chi connectivity index (χ0v) is 3.10. The molecular weight excluding hydrogens is 66.0 g/mol. The highest BCUT2D eigenvalue weighted by atomic mass is 16.2. The van der Waals surface area contributed by atoms with Gasteiger partial charge in [0, 0.05) is 5.70 Å². The molecule has 0 atom stereocenters. The van der Waals surface area contributed by atoms with Gasteiger partial charge < -0.3 is 10.8 Å². The molecule has 0 rings (SSSR count). The van der Waals surface area contributed by atoms with Crippen molar-refractivity contribution >= 4 is 0 Å². The van der Waals surface area contributed by atoms with Crippen LogP contribution in [0.5, 0.6) is 0 Å². The fourth-order valence-corrected chi connectivity index (χ4v) is 0. The summed E-state index contributed by atoms with van der Waals surface area (Å²) in [5.74, 6) is 0. The van der Waals surface area contributed by atoms with Crippen LogP contribution in [0.25, 0.3) is 0 Å². The zero-order valence-electron chi connectivity index (χ0n) is 3.10. The summed E-state index contributed by atoms with van der Waals surface area (Å²) in [6.07, 6.45) is 0.861. The molecule has 0 saturated heterocycles. The van der Waals surface area contributed by atoms with Gasteiger partial charge in [0.25, 0.3) is 0 Å². The first-order chi connectivity index (χ1) is 2.27. The number of nitrogens with two attached hydrogens (primary N) is 1. The Balaban J connectivity index is 3.14. The monoisotopic (exact) mass is 73.1 g/mol. The number of allylic oxidation sites excluding steroid dienone is 1. The Bertz CT molecular complexity index is 44.9. The van der Waals surface area contributed by atoms with E-state index in [-0.39, 0.29) is 0 Å². The Morgan fingerprint density at radius 3 is 2.20 bits per heavy atom. The van der Waals surface area contributed by atoms with Crippen LogP contribution >= 0.6 is 0 Å². The van der Waals surface area contributed by atoms with Crippen LogP contribution in [0.3, 0.4) is 0 Å². The van der Waals surface area contributed by atoms with Crippen molar-refractivity contribution in [3.63, 3.8) is 0 Å². The van der Waals surface area contributed by atoms with E-state index in [1.54, 1.807) is 6.92 Å². The lowest BCUT2D eigenvalue weighted by Gasteiger charge is -1.75. The molecule has 0 radical (unpaired) electrons. The maximum atomic E-state index is 7.86. The van der Waals surface area contributed by atoms with Crippen molar-refractivity contribution in [3.05, 3.63) is 12.0 Å². The molecule has 0 heterocycles. The van der Waals surface area contributed by atoms with Gasteiger partial charge in [0.2, 0.25) is 0 Å². The van der Waals surface area contributed by atoms with Gasteiger partial charge in [-0.1, -0.05) is 0 Å². The Hall–Kier alpha value is -0.660. The van der Waals surface area contributed by atoms with Crippen LogP contribution in [0.15, 0.2) is 12.0 Å². The Morgan fingerprint density at radius 1 is 2.00 bits per heavy atom. The second-order valence-corrected chi connectivity index (χ2v) is 0.873. The quantitative estimate of drug-likeness (QED) is 0.407. The molecule has 0 fully saturated rings. The minimum atomic E-state index is 0.435. The normalized spacial score (nSPS) is 11.8. The number of aliphatic hydroxyl groups is 1. The summed E-state index contributed by atoms with van der Waals surface area (Å²) in [6.45, 7) is 1.61. The van der Waals surface area contributed by atoms with Crippen molar-refractivity contribution in [1.82, 2.24) is 0 Å². The smallest absolute Gasteiger partial charge is 0.0975 e. The number of rotatable bonds is 0. The molecule has 0 aliphatic rings. The van der Waals surface area contributed by atoms with E-state index in [9.17, 15) is 0 Å². The summed E-state index contributed by atoms with van der Waals surface area (Å²) in [6, 6.07) is 0. The molecule has 5 heavy (non-hydrogen) atoms. The van der Waals surface area contributed by atoms with Crippen molar-refractivity contribution in [2.45, 2.75) is 6.92 Å². The van der Waals surface area contributed by atoms with Crippen molar-refractivity contribution in [2.24, 2.45) is 5.73 Å². The van der Waals surface area contributed by atoms with Gasteiger partial charge in [-0.05, 0) is 6.92 Å². The summed E-state index contributed by atoms with van der Waals surface area (Å²) in [7, 11) is 0. The highest BCUT2D eigenvalue weighted by molar-refractivity contribution is 4.81. The Labute approximate surface area is 30.9 Å². The van der Waals surface area contributed by atoms with Gasteiger partial charge in [0.1, 0.15) is 0 Å². The van der Waals surface area contributed by atoms with Crippen LogP contribution in [0, 0.1) is 0 Å². The molecule has 0 aromatic rings. The van der Waals surface area contributed by atoms with E-state index < -0.39 is 0 Å². The predicted molar refractivity (Wildman–Crippen MR) is 20.6 cm³/mol. The van der Waals surface area contributed by atoms with Crippen LogP contribution in [-0.4, -0.2) is 5.11 Å². The maximum Gasteiger partial charge on any atom is 0.0975 e. The molecule has 0 amide bonds. The van der Waals surface area contributed by atoms with Gasteiger partial charge in [-0.2, -0.15) is 0 Å². The first-order valence-electron chi connectivity index (χ1n) is 1.34. The topological polar surface area (TPSA) is 46.2 Å². The lowest BCUT2D eigenvalue weighted by molar-refractivity contribution is 0.466. The molecule has 0 saturated carbocycles. The molecule has 0 aromatic carbocycles. The molecule has 2 heteroatoms. The van der Waals surface area contributed by atoms with Crippen LogP contribution in [0.4, 0.5) is 0 Å². The van der Waals surface area contributed by atoms with Crippen LogP contribution in [-0.2, 0) is 0 Å². The lowest BCUT2D eigenvalue weighted by atomic mass is 10.6. The molecule has 0 aromatic heterocycles. The molecule has 0 spiro atoms. The minimum Gasteiger partial charge on any atom is -0.514 e. The van der Waals surface area contributed by atoms with Crippen LogP contribution in [0.2, 0.25) is 0 Å². The van der Waals surface area contributed by atoms with Gasteiger partial charge in [-0.25, -0.2) is 0 Å². The summed E-state index contributed by atoms with van der Waals surface area (Å²) in [5.41, 5.74) is 5.34. The molecule has 0 unspecified atom stereocenters. The molecule has 0 bridgehead atoms. The van der Waals surface area contributed by atoms with Crippen molar-refractivity contribution < 1.29 is 5.11 Å². The first-order valence-corrected chi connectivity index (χ1v) is 1.34. The van der Waals surface area contributed by atoms with E-state index >= 15 is 0 Å². The average Bonchev–Trinajstić information content (AvgIpc) is 1.38. The van der Waals surface area contributed by atoms with Gasteiger partial charge in [0.05, 0.1) is 6.26 Å². The fraction of sp³-hybridized carbons (Fsp3) is 0.333. The standard InChI is InChI=1S/C3H7NO/c1-3(4)2-5/h2,5H,4H2,1H3/b3-2+. The Morgan fingerprint density at radius 2 is 2.20 bits per heavy atom. The van der Waals surface area contributed by atoms with Crippen molar-refractivity contribution in [2.75, 3.05) is 0 Å². The molecular formula is C3H7NO.